The van der Waals surface area contributed by atoms with E-state index >= 15 is 0 Å². The van der Waals surface area contributed by atoms with Crippen LogP contribution in [-0.2, 0) is 14.8 Å². The highest BCUT2D eigenvalue weighted by molar-refractivity contribution is 7.89. The Morgan fingerprint density at radius 2 is 1.80 bits per heavy atom. The van der Waals surface area contributed by atoms with Crippen LogP contribution in [0.3, 0.4) is 0 Å². The average molecular weight is 307 g/mol. The van der Waals surface area contributed by atoms with Gasteiger partial charge < -0.3 is 9.64 Å². The van der Waals surface area contributed by atoms with E-state index in [2.05, 4.69) is 35.3 Å². The molecule has 1 aliphatic rings. The van der Waals surface area contributed by atoms with Crippen molar-refractivity contribution >= 4 is 10.0 Å². The lowest BCUT2D eigenvalue weighted by molar-refractivity contribution is 0.0571. The van der Waals surface area contributed by atoms with Gasteiger partial charge in [-0.1, -0.05) is 6.92 Å². The van der Waals surface area contributed by atoms with E-state index in [-0.39, 0.29) is 17.9 Å². The van der Waals surface area contributed by atoms with Crippen molar-refractivity contribution in [3.8, 4) is 0 Å². The zero-order chi connectivity index (χ0) is 15.2. The topological polar surface area (TPSA) is 61.9 Å². The van der Waals surface area contributed by atoms with Crippen molar-refractivity contribution < 1.29 is 13.2 Å². The minimum atomic E-state index is -3.24. The molecule has 0 saturated carbocycles. The van der Waals surface area contributed by atoms with E-state index < -0.39 is 10.0 Å². The van der Waals surface area contributed by atoms with E-state index in [9.17, 15) is 8.42 Å². The Labute approximate surface area is 123 Å². The molecule has 0 amide bonds. The lowest BCUT2D eigenvalue weighted by atomic mass is 10.0. The van der Waals surface area contributed by atoms with Crippen LogP contribution in [0.25, 0.3) is 0 Å². The van der Waals surface area contributed by atoms with Crippen LogP contribution >= 0.6 is 0 Å². The summed E-state index contributed by atoms with van der Waals surface area (Å²) < 4.78 is 31.1. The number of nitrogens with one attached hydrogen (secondary N) is 1. The molecular weight excluding hydrogens is 278 g/mol. The van der Waals surface area contributed by atoms with E-state index in [1.165, 1.54) is 7.11 Å². The number of hydrogen-bond donors (Lipinski definition) is 1. The maximum Gasteiger partial charge on any atom is 0.213 e. The van der Waals surface area contributed by atoms with Gasteiger partial charge in [0, 0.05) is 45.4 Å². The Kier molecular flexibility index (Phi) is 6.87. The van der Waals surface area contributed by atoms with Crippen molar-refractivity contribution in [1.82, 2.24) is 14.5 Å². The fraction of sp³-hybridized carbons (Fsp3) is 1.00. The van der Waals surface area contributed by atoms with E-state index in [0.717, 1.165) is 32.7 Å². The number of rotatable bonds is 8. The number of ether oxygens (including phenoxy) is 1. The van der Waals surface area contributed by atoms with Crippen molar-refractivity contribution in [2.45, 2.75) is 26.3 Å². The molecule has 0 aromatic heterocycles. The molecular formula is C13H29N3O3S. The summed E-state index contributed by atoms with van der Waals surface area (Å²) in [6.45, 7) is 12.2. The molecule has 0 aromatic carbocycles. The molecule has 0 aliphatic carbocycles. The first kappa shape index (κ1) is 17.8. The average Bonchev–Trinajstić information content (AvgIpc) is 2.43. The first-order chi connectivity index (χ1) is 9.30. The summed E-state index contributed by atoms with van der Waals surface area (Å²) in [5.41, 5.74) is -0.167. The van der Waals surface area contributed by atoms with Crippen molar-refractivity contribution in [1.29, 1.82) is 0 Å². The van der Waals surface area contributed by atoms with Gasteiger partial charge >= 0.3 is 0 Å². The summed E-state index contributed by atoms with van der Waals surface area (Å²) >= 11 is 0. The van der Waals surface area contributed by atoms with Gasteiger partial charge in [0.05, 0.1) is 12.4 Å². The molecule has 0 bridgehead atoms. The minimum Gasteiger partial charge on any atom is -0.384 e. The Morgan fingerprint density at radius 3 is 2.30 bits per heavy atom. The quantitative estimate of drug-likeness (QED) is 0.682. The van der Waals surface area contributed by atoms with Crippen LogP contribution in [0.5, 0.6) is 0 Å². The first-order valence-corrected chi connectivity index (χ1v) is 8.89. The van der Waals surface area contributed by atoms with Gasteiger partial charge in [0.25, 0.3) is 0 Å². The number of nitrogens with zero attached hydrogens (tertiary/aromatic N) is 2. The van der Waals surface area contributed by atoms with E-state index in [0.29, 0.717) is 6.54 Å². The molecule has 0 radical (unpaired) electrons. The van der Waals surface area contributed by atoms with Crippen molar-refractivity contribution in [3.05, 3.63) is 0 Å². The fourth-order valence-electron chi connectivity index (χ4n) is 2.33. The van der Waals surface area contributed by atoms with Gasteiger partial charge in [-0.2, -0.15) is 0 Å². The largest absolute Gasteiger partial charge is 0.384 e. The molecule has 1 heterocycles. The molecule has 0 atom stereocenters. The van der Waals surface area contributed by atoms with Crippen LogP contribution in [0.2, 0.25) is 0 Å². The zero-order valence-electron chi connectivity index (χ0n) is 13.2. The van der Waals surface area contributed by atoms with Crippen LogP contribution in [0.1, 0.15) is 20.8 Å². The molecule has 0 unspecified atom stereocenters. The molecule has 1 rings (SSSR count). The fourth-order valence-corrected chi connectivity index (χ4v) is 3.44. The Balaban J connectivity index is 2.45. The van der Waals surface area contributed by atoms with Gasteiger partial charge in [0.2, 0.25) is 10.0 Å². The van der Waals surface area contributed by atoms with Crippen molar-refractivity contribution in [3.63, 3.8) is 0 Å². The maximum absolute atomic E-state index is 11.8. The molecule has 1 N–H and O–H groups in total. The second-order valence-electron chi connectivity index (χ2n) is 5.87. The Hall–Kier alpha value is -0.210. The molecule has 6 nitrogen and oxygen atoms in total. The standard InChI is InChI=1S/C13H29N3O3S/c1-5-15-6-8-16(9-7-15)13(2,3)12-14-20(17,18)11-10-19-4/h14H,5-12H2,1-4H3. The molecule has 7 heteroatoms. The molecule has 120 valence electrons. The SMILES string of the molecule is CCN1CCN(C(C)(C)CNS(=O)(=O)CCOC)CC1. The predicted octanol–water partition coefficient (Wildman–Crippen LogP) is -0.0317. The van der Waals surface area contributed by atoms with Crippen molar-refractivity contribution in [2.24, 2.45) is 0 Å². The molecule has 1 fully saturated rings. The number of piperazine rings is 1. The highest BCUT2D eigenvalue weighted by atomic mass is 32.2. The third kappa shape index (κ3) is 5.65. The normalized spacial score (nSPS) is 19.4. The predicted molar refractivity (Wildman–Crippen MR) is 81.4 cm³/mol. The molecule has 1 saturated heterocycles. The van der Waals surface area contributed by atoms with Crippen LogP contribution in [-0.4, -0.2) is 82.5 Å². The lowest BCUT2D eigenvalue weighted by Gasteiger charge is -2.44. The smallest absolute Gasteiger partial charge is 0.213 e. The molecule has 0 aromatic rings. The summed E-state index contributed by atoms with van der Waals surface area (Å²) in [6.07, 6.45) is 0. The highest BCUT2D eigenvalue weighted by Gasteiger charge is 2.30. The third-order valence-electron chi connectivity index (χ3n) is 3.96. The summed E-state index contributed by atoms with van der Waals surface area (Å²) in [6, 6.07) is 0. The lowest BCUT2D eigenvalue weighted by Crippen LogP contribution is -2.58. The minimum absolute atomic E-state index is 0.0171. The van der Waals surface area contributed by atoms with Gasteiger partial charge in [-0.3, -0.25) is 4.90 Å². The van der Waals surface area contributed by atoms with E-state index in [1.54, 1.807) is 0 Å². The monoisotopic (exact) mass is 307 g/mol. The summed E-state index contributed by atoms with van der Waals surface area (Å²) in [5, 5.41) is 0. The number of likely N-dealkylation sites (N-methyl/N-ethyl adjacent to an activating group) is 1. The van der Waals surface area contributed by atoms with E-state index in [4.69, 9.17) is 4.74 Å². The summed E-state index contributed by atoms with van der Waals surface area (Å²) in [7, 11) is -1.74. The molecule has 1 aliphatic heterocycles. The third-order valence-corrected chi connectivity index (χ3v) is 5.24. The van der Waals surface area contributed by atoms with Crippen molar-refractivity contribution in [2.75, 3.05) is 58.7 Å². The number of sulfonamides is 1. The highest BCUT2D eigenvalue weighted by Crippen LogP contribution is 2.16. The van der Waals surface area contributed by atoms with Crippen LogP contribution < -0.4 is 4.72 Å². The first-order valence-electron chi connectivity index (χ1n) is 7.24. The van der Waals surface area contributed by atoms with Gasteiger partial charge in [-0.15, -0.1) is 0 Å². The summed E-state index contributed by atoms with van der Waals surface area (Å²) in [5.74, 6) is 0.0171. The molecule has 20 heavy (non-hydrogen) atoms. The number of hydrogen-bond acceptors (Lipinski definition) is 5. The van der Waals surface area contributed by atoms with E-state index in [1.807, 2.05) is 0 Å². The maximum atomic E-state index is 11.8. The van der Waals surface area contributed by atoms with Gasteiger partial charge in [-0.05, 0) is 20.4 Å². The second-order valence-corrected chi connectivity index (χ2v) is 7.79. The van der Waals surface area contributed by atoms with Gasteiger partial charge in [0.15, 0.2) is 0 Å². The van der Waals surface area contributed by atoms with Gasteiger partial charge in [0.1, 0.15) is 0 Å². The Bertz CT molecular complexity index is 376. The zero-order valence-corrected chi connectivity index (χ0v) is 14.0. The number of methoxy groups -OCH3 is 1. The van der Waals surface area contributed by atoms with Gasteiger partial charge in [-0.25, -0.2) is 13.1 Å². The van der Waals surface area contributed by atoms with Crippen LogP contribution in [0.4, 0.5) is 0 Å². The van der Waals surface area contributed by atoms with Crippen LogP contribution in [0.15, 0.2) is 0 Å². The summed E-state index contributed by atoms with van der Waals surface area (Å²) in [4.78, 5) is 4.77. The van der Waals surface area contributed by atoms with Crippen LogP contribution in [0, 0.1) is 0 Å². The molecule has 0 spiro atoms. The second kappa shape index (κ2) is 7.70. The Morgan fingerprint density at radius 1 is 1.20 bits per heavy atom.